The van der Waals surface area contributed by atoms with Crippen LogP contribution in [0.4, 0.5) is 5.82 Å². The number of carboxylic acids is 1. The number of anilines is 1. The zero-order valence-corrected chi connectivity index (χ0v) is 12.4. The first-order valence-electron chi connectivity index (χ1n) is 7.13. The minimum Gasteiger partial charge on any atom is -0.481 e. The van der Waals surface area contributed by atoms with Gasteiger partial charge in [0, 0.05) is 26.8 Å². The van der Waals surface area contributed by atoms with Crippen molar-refractivity contribution in [1.82, 2.24) is 9.88 Å². The summed E-state index contributed by atoms with van der Waals surface area (Å²) in [7, 11) is 3.39. The number of aromatic nitrogens is 1. The third-order valence-electron chi connectivity index (χ3n) is 3.94. The van der Waals surface area contributed by atoms with Gasteiger partial charge in [-0.05, 0) is 30.9 Å². The van der Waals surface area contributed by atoms with E-state index in [0.29, 0.717) is 17.9 Å². The summed E-state index contributed by atoms with van der Waals surface area (Å²) < 4.78 is 0. The van der Waals surface area contributed by atoms with Crippen LogP contribution in [0.15, 0.2) is 18.3 Å². The van der Waals surface area contributed by atoms with Crippen LogP contribution >= 0.6 is 0 Å². The van der Waals surface area contributed by atoms with Crippen molar-refractivity contribution in [2.75, 3.05) is 26.0 Å². The fourth-order valence-electron chi connectivity index (χ4n) is 2.73. The Morgan fingerprint density at radius 3 is 2.71 bits per heavy atom. The van der Waals surface area contributed by atoms with Crippen LogP contribution in [-0.2, 0) is 4.79 Å². The van der Waals surface area contributed by atoms with E-state index in [9.17, 15) is 9.59 Å². The molecule has 2 atom stereocenters. The molecule has 2 N–H and O–H groups in total. The molecule has 1 aliphatic rings. The first kappa shape index (κ1) is 15.3. The van der Waals surface area contributed by atoms with Crippen molar-refractivity contribution in [1.29, 1.82) is 0 Å². The van der Waals surface area contributed by atoms with Crippen molar-refractivity contribution in [2.45, 2.75) is 19.3 Å². The number of nitrogens with zero attached hydrogens (tertiary/aromatic N) is 2. The van der Waals surface area contributed by atoms with Gasteiger partial charge in [-0.3, -0.25) is 9.59 Å². The average molecular weight is 291 g/mol. The minimum atomic E-state index is -0.709. The molecule has 1 amide bonds. The van der Waals surface area contributed by atoms with E-state index in [1.54, 1.807) is 26.2 Å². The molecule has 6 heteroatoms. The van der Waals surface area contributed by atoms with Gasteiger partial charge >= 0.3 is 5.97 Å². The highest BCUT2D eigenvalue weighted by molar-refractivity contribution is 5.93. The van der Waals surface area contributed by atoms with Crippen LogP contribution in [-0.4, -0.2) is 47.5 Å². The molecule has 6 nitrogen and oxygen atoms in total. The molecule has 21 heavy (non-hydrogen) atoms. The highest BCUT2D eigenvalue weighted by Crippen LogP contribution is 2.31. The summed E-state index contributed by atoms with van der Waals surface area (Å²) in [5, 5.41) is 12.3. The predicted molar refractivity (Wildman–Crippen MR) is 79.2 cm³/mol. The molecule has 114 valence electrons. The lowest BCUT2D eigenvalue weighted by molar-refractivity contribution is -0.142. The lowest BCUT2D eigenvalue weighted by Crippen LogP contribution is -2.25. The molecule has 1 fully saturated rings. The number of rotatable bonds is 5. The topological polar surface area (TPSA) is 82.5 Å². The van der Waals surface area contributed by atoms with Crippen molar-refractivity contribution in [3.05, 3.63) is 23.9 Å². The number of hydrogen-bond acceptors (Lipinski definition) is 4. The number of pyridine rings is 1. The molecule has 2 unspecified atom stereocenters. The van der Waals surface area contributed by atoms with Gasteiger partial charge in [-0.1, -0.05) is 6.42 Å². The van der Waals surface area contributed by atoms with E-state index in [2.05, 4.69) is 10.3 Å². The van der Waals surface area contributed by atoms with Crippen LogP contribution in [0, 0.1) is 11.8 Å². The van der Waals surface area contributed by atoms with Crippen LogP contribution in [0.2, 0.25) is 0 Å². The largest absolute Gasteiger partial charge is 0.481 e. The highest BCUT2D eigenvalue weighted by Gasteiger charge is 2.32. The van der Waals surface area contributed by atoms with Crippen molar-refractivity contribution in [2.24, 2.45) is 11.8 Å². The Morgan fingerprint density at radius 2 is 2.14 bits per heavy atom. The zero-order chi connectivity index (χ0) is 15.4. The Kier molecular flexibility index (Phi) is 4.77. The van der Waals surface area contributed by atoms with Crippen molar-refractivity contribution >= 4 is 17.7 Å². The summed E-state index contributed by atoms with van der Waals surface area (Å²) in [6, 6.07) is 3.47. The number of amides is 1. The van der Waals surface area contributed by atoms with Crippen molar-refractivity contribution < 1.29 is 14.7 Å². The second kappa shape index (κ2) is 6.56. The number of carbonyl (C=O) groups is 2. The van der Waals surface area contributed by atoms with Gasteiger partial charge in [0.2, 0.25) is 0 Å². The lowest BCUT2D eigenvalue weighted by Gasteiger charge is -2.17. The average Bonchev–Trinajstić information content (AvgIpc) is 2.93. The maximum atomic E-state index is 11.7. The summed E-state index contributed by atoms with van der Waals surface area (Å²) in [5.74, 6) is -0.240. The fraction of sp³-hybridized carbons (Fsp3) is 0.533. The van der Waals surface area contributed by atoms with E-state index in [4.69, 9.17) is 5.11 Å². The molecule has 0 aromatic carbocycles. The van der Waals surface area contributed by atoms with Gasteiger partial charge in [-0.15, -0.1) is 0 Å². The normalized spacial score (nSPS) is 21.0. The Bertz CT molecular complexity index is 513. The molecule has 0 saturated heterocycles. The zero-order valence-electron chi connectivity index (χ0n) is 12.4. The monoisotopic (exact) mass is 291 g/mol. The molecular formula is C15H21N3O3. The summed E-state index contributed by atoms with van der Waals surface area (Å²) in [6.07, 6.45) is 4.19. The van der Waals surface area contributed by atoms with Gasteiger partial charge < -0.3 is 15.3 Å². The van der Waals surface area contributed by atoms with Gasteiger partial charge in [0.05, 0.1) is 11.5 Å². The number of carboxylic acid groups (broad SMARTS) is 1. The summed E-state index contributed by atoms with van der Waals surface area (Å²) in [5.41, 5.74) is 0.537. The molecule has 0 spiro atoms. The standard InChI is InChI=1S/C15H21N3O3/c1-18(2)14(19)11-6-7-13(17-9-11)16-8-10-4-3-5-12(10)15(20)21/h6-7,9-10,12H,3-5,8H2,1-2H3,(H,16,17)(H,20,21). The minimum absolute atomic E-state index is 0.0872. The molecule has 1 saturated carbocycles. The van der Waals surface area contributed by atoms with Crippen LogP contribution < -0.4 is 5.32 Å². The second-order valence-electron chi connectivity index (χ2n) is 5.65. The lowest BCUT2D eigenvalue weighted by atomic mass is 9.96. The Labute approximate surface area is 124 Å². The van der Waals surface area contributed by atoms with E-state index in [1.165, 1.54) is 11.1 Å². The van der Waals surface area contributed by atoms with Gasteiger partial charge in [0.15, 0.2) is 0 Å². The van der Waals surface area contributed by atoms with E-state index in [1.807, 2.05) is 0 Å². The first-order valence-corrected chi connectivity index (χ1v) is 7.13. The molecule has 1 heterocycles. The highest BCUT2D eigenvalue weighted by atomic mass is 16.4. The number of aliphatic carboxylic acids is 1. The first-order chi connectivity index (χ1) is 9.99. The summed E-state index contributed by atoms with van der Waals surface area (Å²) in [6.45, 7) is 0.602. The van der Waals surface area contributed by atoms with Gasteiger partial charge in [0.25, 0.3) is 5.91 Å². The Morgan fingerprint density at radius 1 is 1.38 bits per heavy atom. The maximum Gasteiger partial charge on any atom is 0.306 e. The van der Waals surface area contributed by atoms with Gasteiger partial charge in [-0.2, -0.15) is 0 Å². The molecule has 0 aliphatic heterocycles. The van der Waals surface area contributed by atoms with E-state index < -0.39 is 5.97 Å². The summed E-state index contributed by atoms with van der Waals surface area (Å²) >= 11 is 0. The summed E-state index contributed by atoms with van der Waals surface area (Å²) in [4.78, 5) is 28.6. The number of hydrogen-bond donors (Lipinski definition) is 2. The molecule has 1 aliphatic carbocycles. The van der Waals surface area contributed by atoms with Crippen molar-refractivity contribution in [3.8, 4) is 0 Å². The fourth-order valence-corrected chi connectivity index (χ4v) is 2.73. The van der Waals surface area contributed by atoms with E-state index >= 15 is 0 Å². The second-order valence-corrected chi connectivity index (χ2v) is 5.65. The Balaban J connectivity index is 1.92. The predicted octanol–water partition coefficient (Wildman–Crippen LogP) is 1.70. The third kappa shape index (κ3) is 3.71. The van der Waals surface area contributed by atoms with E-state index in [0.717, 1.165) is 19.3 Å². The van der Waals surface area contributed by atoms with Crippen LogP contribution in [0.25, 0.3) is 0 Å². The Hall–Kier alpha value is -2.11. The SMILES string of the molecule is CN(C)C(=O)c1ccc(NCC2CCCC2C(=O)O)nc1. The smallest absolute Gasteiger partial charge is 0.306 e. The molecular weight excluding hydrogens is 270 g/mol. The van der Waals surface area contributed by atoms with Crippen LogP contribution in [0.3, 0.4) is 0 Å². The molecule has 0 bridgehead atoms. The van der Waals surface area contributed by atoms with Crippen LogP contribution in [0.1, 0.15) is 29.6 Å². The van der Waals surface area contributed by atoms with Gasteiger partial charge in [-0.25, -0.2) is 4.98 Å². The molecule has 1 aromatic heterocycles. The molecule has 0 radical (unpaired) electrons. The van der Waals surface area contributed by atoms with E-state index in [-0.39, 0.29) is 17.7 Å². The van der Waals surface area contributed by atoms with Gasteiger partial charge in [0.1, 0.15) is 5.82 Å². The molecule has 2 rings (SSSR count). The number of nitrogens with one attached hydrogen (secondary N) is 1. The quantitative estimate of drug-likeness (QED) is 0.862. The maximum absolute atomic E-state index is 11.7. The molecule has 1 aromatic rings. The third-order valence-corrected chi connectivity index (χ3v) is 3.94. The number of carbonyl (C=O) groups excluding carboxylic acids is 1. The van der Waals surface area contributed by atoms with Crippen molar-refractivity contribution in [3.63, 3.8) is 0 Å². The van der Waals surface area contributed by atoms with Crippen LogP contribution in [0.5, 0.6) is 0 Å².